The predicted octanol–water partition coefficient (Wildman–Crippen LogP) is 2.14. The molecule has 0 atom stereocenters. The molecule has 100 valence electrons. The Morgan fingerprint density at radius 2 is 2.05 bits per heavy atom. The zero-order valence-electron chi connectivity index (χ0n) is 11.0. The van der Waals surface area contributed by atoms with Crippen LogP contribution in [0.25, 0.3) is 5.65 Å². The SMILES string of the molecule is COc1ccc(Cc2nc3cc(C=O)ccn3n2)cc1. The van der Waals surface area contributed by atoms with E-state index in [4.69, 9.17) is 4.74 Å². The maximum absolute atomic E-state index is 10.7. The number of ether oxygens (including phenoxy) is 1. The standard InChI is InChI=1S/C15H13N3O2/c1-20-13-4-2-11(3-5-13)8-14-16-15-9-12(10-19)6-7-18(15)17-14/h2-7,9-10H,8H2,1H3. The summed E-state index contributed by atoms with van der Waals surface area (Å²) in [7, 11) is 1.64. The molecule has 0 saturated carbocycles. The molecular formula is C15H13N3O2. The minimum Gasteiger partial charge on any atom is -0.497 e. The lowest BCUT2D eigenvalue weighted by atomic mass is 10.1. The number of pyridine rings is 1. The number of carbonyl (C=O) groups is 1. The number of benzene rings is 1. The fourth-order valence-corrected chi connectivity index (χ4v) is 2.02. The first kappa shape index (κ1) is 12.3. The van der Waals surface area contributed by atoms with Crippen LogP contribution < -0.4 is 4.74 Å². The number of rotatable bonds is 4. The molecule has 5 nitrogen and oxygen atoms in total. The Morgan fingerprint density at radius 3 is 2.75 bits per heavy atom. The minimum absolute atomic E-state index is 0.598. The number of fused-ring (bicyclic) bond motifs is 1. The fourth-order valence-electron chi connectivity index (χ4n) is 2.02. The molecule has 5 heteroatoms. The molecule has 0 spiro atoms. The molecule has 0 aliphatic heterocycles. The second kappa shape index (κ2) is 5.13. The molecule has 3 rings (SSSR count). The van der Waals surface area contributed by atoms with Crippen molar-refractivity contribution in [3.05, 3.63) is 59.5 Å². The predicted molar refractivity (Wildman–Crippen MR) is 74.2 cm³/mol. The second-order valence-corrected chi connectivity index (χ2v) is 4.43. The van der Waals surface area contributed by atoms with Gasteiger partial charge in [0.15, 0.2) is 11.5 Å². The van der Waals surface area contributed by atoms with Crippen molar-refractivity contribution in [3.63, 3.8) is 0 Å². The lowest BCUT2D eigenvalue weighted by molar-refractivity contribution is 0.112. The van der Waals surface area contributed by atoms with Gasteiger partial charge in [0, 0.05) is 18.2 Å². The van der Waals surface area contributed by atoms with Gasteiger partial charge in [-0.05, 0) is 29.8 Å². The van der Waals surface area contributed by atoms with E-state index in [2.05, 4.69) is 10.1 Å². The van der Waals surface area contributed by atoms with Crippen LogP contribution in [0.4, 0.5) is 0 Å². The Kier molecular flexibility index (Phi) is 3.16. The van der Waals surface area contributed by atoms with Gasteiger partial charge in [-0.3, -0.25) is 4.79 Å². The van der Waals surface area contributed by atoms with E-state index in [1.165, 1.54) is 0 Å². The van der Waals surface area contributed by atoms with Crippen LogP contribution >= 0.6 is 0 Å². The highest BCUT2D eigenvalue weighted by atomic mass is 16.5. The van der Waals surface area contributed by atoms with Gasteiger partial charge in [-0.15, -0.1) is 0 Å². The summed E-state index contributed by atoms with van der Waals surface area (Å²) in [6, 6.07) is 11.2. The average molecular weight is 267 g/mol. The van der Waals surface area contributed by atoms with Crippen molar-refractivity contribution in [1.29, 1.82) is 0 Å². The monoisotopic (exact) mass is 267 g/mol. The summed E-state index contributed by atoms with van der Waals surface area (Å²) in [6.07, 6.45) is 3.18. The first-order chi connectivity index (χ1) is 9.78. The molecule has 0 N–H and O–H groups in total. The molecule has 0 saturated heterocycles. The molecule has 0 unspecified atom stereocenters. The summed E-state index contributed by atoms with van der Waals surface area (Å²) in [5.41, 5.74) is 2.39. The summed E-state index contributed by atoms with van der Waals surface area (Å²) in [6.45, 7) is 0. The third-order valence-corrected chi connectivity index (χ3v) is 3.06. The molecular weight excluding hydrogens is 254 g/mol. The molecule has 2 aromatic heterocycles. The van der Waals surface area contributed by atoms with E-state index in [0.717, 1.165) is 23.4 Å². The van der Waals surface area contributed by atoms with Gasteiger partial charge in [0.25, 0.3) is 0 Å². The van der Waals surface area contributed by atoms with Crippen molar-refractivity contribution in [3.8, 4) is 5.75 Å². The van der Waals surface area contributed by atoms with E-state index in [1.807, 2.05) is 24.3 Å². The van der Waals surface area contributed by atoms with E-state index in [-0.39, 0.29) is 0 Å². The molecule has 0 aliphatic carbocycles. The third kappa shape index (κ3) is 2.38. The van der Waals surface area contributed by atoms with Crippen molar-refractivity contribution in [2.24, 2.45) is 0 Å². The Bertz CT molecular complexity index is 747. The molecule has 0 radical (unpaired) electrons. The Hall–Kier alpha value is -2.69. The van der Waals surface area contributed by atoms with Gasteiger partial charge in [0.2, 0.25) is 0 Å². The number of methoxy groups -OCH3 is 1. The molecule has 0 amide bonds. The van der Waals surface area contributed by atoms with Gasteiger partial charge >= 0.3 is 0 Å². The first-order valence-electron chi connectivity index (χ1n) is 6.22. The number of aldehydes is 1. The van der Waals surface area contributed by atoms with Crippen LogP contribution in [0, 0.1) is 0 Å². The second-order valence-electron chi connectivity index (χ2n) is 4.43. The van der Waals surface area contributed by atoms with Crippen molar-refractivity contribution in [2.75, 3.05) is 7.11 Å². The largest absolute Gasteiger partial charge is 0.497 e. The van der Waals surface area contributed by atoms with Gasteiger partial charge in [0.05, 0.1) is 7.11 Å². The first-order valence-corrected chi connectivity index (χ1v) is 6.22. The molecule has 0 fully saturated rings. The van der Waals surface area contributed by atoms with E-state index >= 15 is 0 Å². The van der Waals surface area contributed by atoms with Crippen LogP contribution in [-0.4, -0.2) is 28.0 Å². The smallest absolute Gasteiger partial charge is 0.156 e. The number of aromatic nitrogens is 3. The van der Waals surface area contributed by atoms with E-state index in [1.54, 1.807) is 30.0 Å². The van der Waals surface area contributed by atoms with Gasteiger partial charge < -0.3 is 4.74 Å². The summed E-state index contributed by atoms with van der Waals surface area (Å²) in [5.74, 6) is 1.55. The Labute approximate surface area is 115 Å². The number of carbonyl (C=O) groups excluding carboxylic acids is 1. The Balaban J connectivity index is 1.87. The fraction of sp³-hybridized carbons (Fsp3) is 0.133. The Morgan fingerprint density at radius 1 is 1.25 bits per heavy atom. The zero-order chi connectivity index (χ0) is 13.9. The lowest BCUT2D eigenvalue weighted by Gasteiger charge is -2.00. The van der Waals surface area contributed by atoms with Gasteiger partial charge in [-0.2, -0.15) is 5.10 Å². The molecule has 3 aromatic rings. The topological polar surface area (TPSA) is 56.5 Å². The highest BCUT2D eigenvalue weighted by Gasteiger charge is 2.05. The molecule has 20 heavy (non-hydrogen) atoms. The van der Waals surface area contributed by atoms with E-state index < -0.39 is 0 Å². The van der Waals surface area contributed by atoms with Crippen LogP contribution in [0.15, 0.2) is 42.6 Å². The minimum atomic E-state index is 0.598. The third-order valence-electron chi connectivity index (χ3n) is 3.06. The quantitative estimate of drug-likeness (QED) is 0.680. The van der Waals surface area contributed by atoms with Crippen molar-refractivity contribution in [2.45, 2.75) is 6.42 Å². The van der Waals surface area contributed by atoms with Crippen LogP contribution in [0.1, 0.15) is 21.7 Å². The molecule has 1 aromatic carbocycles. The van der Waals surface area contributed by atoms with Crippen LogP contribution in [-0.2, 0) is 6.42 Å². The van der Waals surface area contributed by atoms with Gasteiger partial charge in [0.1, 0.15) is 12.0 Å². The highest BCUT2D eigenvalue weighted by Crippen LogP contribution is 2.14. The normalized spacial score (nSPS) is 10.7. The van der Waals surface area contributed by atoms with Gasteiger partial charge in [-0.1, -0.05) is 12.1 Å². The highest BCUT2D eigenvalue weighted by molar-refractivity contribution is 5.76. The van der Waals surface area contributed by atoms with Crippen LogP contribution in [0.2, 0.25) is 0 Å². The summed E-state index contributed by atoms with van der Waals surface area (Å²) in [4.78, 5) is 15.2. The number of hydrogen-bond acceptors (Lipinski definition) is 4. The number of nitrogens with zero attached hydrogens (tertiary/aromatic N) is 3. The van der Waals surface area contributed by atoms with Gasteiger partial charge in [-0.25, -0.2) is 9.50 Å². The van der Waals surface area contributed by atoms with Crippen molar-refractivity contribution in [1.82, 2.24) is 14.6 Å². The maximum atomic E-state index is 10.7. The van der Waals surface area contributed by atoms with Crippen LogP contribution in [0.5, 0.6) is 5.75 Å². The van der Waals surface area contributed by atoms with E-state index in [9.17, 15) is 4.79 Å². The van der Waals surface area contributed by atoms with Crippen LogP contribution in [0.3, 0.4) is 0 Å². The molecule has 0 bridgehead atoms. The molecule has 2 heterocycles. The van der Waals surface area contributed by atoms with Crippen molar-refractivity contribution >= 4 is 11.9 Å². The summed E-state index contributed by atoms with van der Waals surface area (Å²) in [5, 5.41) is 4.38. The summed E-state index contributed by atoms with van der Waals surface area (Å²) < 4.78 is 6.80. The van der Waals surface area contributed by atoms with Crippen molar-refractivity contribution < 1.29 is 9.53 Å². The maximum Gasteiger partial charge on any atom is 0.156 e. The lowest BCUT2D eigenvalue weighted by Crippen LogP contribution is -1.92. The zero-order valence-corrected chi connectivity index (χ0v) is 11.0. The van der Waals surface area contributed by atoms with E-state index in [0.29, 0.717) is 17.6 Å². The average Bonchev–Trinajstić information content (AvgIpc) is 2.89. The molecule has 0 aliphatic rings. The summed E-state index contributed by atoms with van der Waals surface area (Å²) >= 11 is 0. The number of hydrogen-bond donors (Lipinski definition) is 0.